The van der Waals surface area contributed by atoms with E-state index in [4.69, 9.17) is 0 Å². The molecule has 0 aromatic heterocycles. The average molecular weight is 200 g/mol. The van der Waals surface area contributed by atoms with Crippen LogP contribution < -0.4 is 5.32 Å². The molecule has 6 nitrogen and oxygen atoms in total. The van der Waals surface area contributed by atoms with Crippen molar-refractivity contribution in [2.24, 2.45) is 5.18 Å². The molecule has 1 saturated heterocycles. The first-order valence-corrected chi connectivity index (χ1v) is 4.42. The summed E-state index contributed by atoms with van der Waals surface area (Å²) in [6, 6.07) is -1.12. The molecular formula is C8H12N2O4. The first kappa shape index (κ1) is 10.6. The van der Waals surface area contributed by atoms with Gasteiger partial charge < -0.3 is 10.1 Å². The van der Waals surface area contributed by atoms with Gasteiger partial charge in [-0.1, -0.05) is 5.18 Å². The van der Waals surface area contributed by atoms with Gasteiger partial charge in [-0.3, -0.25) is 4.79 Å². The van der Waals surface area contributed by atoms with Gasteiger partial charge in [0.25, 0.3) is 0 Å². The number of ether oxygens (including phenoxy) is 1. The summed E-state index contributed by atoms with van der Waals surface area (Å²) in [4.78, 5) is 32.2. The van der Waals surface area contributed by atoms with Crippen LogP contribution in [0.1, 0.15) is 19.8 Å². The van der Waals surface area contributed by atoms with Crippen LogP contribution in [-0.4, -0.2) is 30.6 Å². The SMILES string of the molecule is CC(CC(=O)N[C@H]1CCOC1=O)N=O. The number of rotatable bonds is 4. The van der Waals surface area contributed by atoms with Gasteiger partial charge in [-0.25, -0.2) is 4.79 Å². The Bertz CT molecular complexity index is 254. The third-order valence-corrected chi connectivity index (χ3v) is 1.93. The molecule has 1 amide bonds. The van der Waals surface area contributed by atoms with Gasteiger partial charge in [0.15, 0.2) is 0 Å². The molecule has 1 rings (SSSR count). The molecule has 1 heterocycles. The van der Waals surface area contributed by atoms with Gasteiger partial charge in [0.05, 0.1) is 19.1 Å². The van der Waals surface area contributed by atoms with E-state index in [1.807, 2.05) is 0 Å². The van der Waals surface area contributed by atoms with Crippen molar-refractivity contribution >= 4 is 11.9 Å². The van der Waals surface area contributed by atoms with E-state index in [1.165, 1.54) is 0 Å². The van der Waals surface area contributed by atoms with Crippen LogP contribution in [0.5, 0.6) is 0 Å². The Morgan fingerprint density at radius 1 is 1.79 bits per heavy atom. The summed E-state index contributed by atoms with van der Waals surface area (Å²) in [6.07, 6.45) is 0.501. The fourth-order valence-corrected chi connectivity index (χ4v) is 1.19. The van der Waals surface area contributed by atoms with Crippen molar-refractivity contribution in [1.82, 2.24) is 5.32 Å². The Balaban J connectivity index is 2.33. The van der Waals surface area contributed by atoms with E-state index >= 15 is 0 Å². The van der Waals surface area contributed by atoms with Crippen LogP contribution in [0.3, 0.4) is 0 Å². The second kappa shape index (κ2) is 4.69. The maximum absolute atomic E-state index is 11.2. The predicted octanol–water partition coefficient (Wildman–Crippen LogP) is -0.0369. The summed E-state index contributed by atoms with van der Waals surface area (Å²) in [5.41, 5.74) is 0. The molecule has 1 aliphatic heterocycles. The monoisotopic (exact) mass is 200 g/mol. The van der Waals surface area contributed by atoms with Crippen LogP contribution in [0.4, 0.5) is 0 Å². The summed E-state index contributed by atoms with van der Waals surface area (Å²) < 4.78 is 4.66. The van der Waals surface area contributed by atoms with Gasteiger partial charge in [0, 0.05) is 6.42 Å². The summed E-state index contributed by atoms with van der Waals surface area (Å²) in [7, 11) is 0. The van der Waals surface area contributed by atoms with Crippen LogP contribution in [0, 0.1) is 4.91 Å². The molecule has 1 fully saturated rings. The van der Waals surface area contributed by atoms with Crippen molar-refractivity contribution in [1.29, 1.82) is 0 Å². The molecule has 1 unspecified atom stereocenters. The lowest BCUT2D eigenvalue weighted by atomic mass is 10.2. The lowest BCUT2D eigenvalue weighted by molar-refractivity contribution is -0.141. The van der Waals surface area contributed by atoms with Crippen molar-refractivity contribution in [3.8, 4) is 0 Å². The summed E-state index contributed by atoms with van der Waals surface area (Å²) >= 11 is 0. The van der Waals surface area contributed by atoms with Gasteiger partial charge in [0.2, 0.25) is 5.91 Å². The molecule has 14 heavy (non-hydrogen) atoms. The average Bonchev–Trinajstić information content (AvgIpc) is 2.51. The second-order valence-corrected chi connectivity index (χ2v) is 3.23. The zero-order chi connectivity index (χ0) is 10.6. The van der Waals surface area contributed by atoms with Crippen LogP contribution in [0.2, 0.25) is 0 Å². The third-order valence-electron chi connectivity index (χ3n) is 1.93. The van der Waals surface area contributed by atoms with Crippen molar-refractivity contribution in [2.75, 3.05) is 6.61 Å². The molecule has 0 aliphatic carbocycles. The highest BCUT2D eigenvalue weighted by molar-refractivity contribution is 5.85. The minimum atomic E-state index is -0.563. The first-order chi connectivity index (χ1) is 6.63. The maximum Gasteiger partial charge on any atom is 0.328 e. The third kappa shape index (κ3) is 2.79. The summed E-state index contributed by atoms with van der Waals surface area (Å²) in [5, 5.41) is 5.18. The standard InChI is InChI=1S/C8H12N2O4/c1-5(10-13)4-7(11)9-6-2-3-14-8(6)12/h5-6H,2-4H2,1H3,(H,9,11)/t5?,6-/m0/s1. The Labute approximate surface area is 81.0 Å². The van der Waals surface area contributed by atoms with Crippen molar-refractivity contribution in [3.63, 3.8) is 0 Å². The topological polar surface area (TPSA) is 84.8 Å². The highest BCUT2D eigenvalue weighted by atomic mass is 16.5. The highest BCUT2D eigenvalue weighted by Gasteiger charge is 2.28. The Morgan fingerprint density at radius 2 is 2.50 bits per heavy atom. The largest absolute Gasteiger partial charge is 0.464 e. The number of nitrogens with one attached hydrogen (secondary N) is 1. The number of esters is 1. The van der Waals surface area contributed by atoms with Gasteiger partial charge in [-0.05, 0) is 6.92 Å². The van der Waals surface area contributed by atoms with Gasteiger partial charge in [-0.2, -0.15) is 4.91 Å². The smallest absolute Gasteiger partial charge is 0.328 e. The van der Waals surface area contributed by atoms with Gasteiger partial charge in [0.1, 0.15) is 6.04 Å². The zero-order valence-electron chi connectivity index (χ0n) is 7.86. The molecule has 1 N–H and O–H groups in total. The van der Waals surface area contributed by atoms with Crippen molar-refractivity contribution in [3.05, 3.63) is 4.91 Å². The normalized spacial score (nSPS) is 22.6. The Hall–Kier alpha value is -1.46. The number of nitrogens with zero attached hydrogens (tertiary/aromatic N) is 1. The number of hydrogen-bond donors (Lipinski definition) is 1. The second-order valence-electron chi connectivity index (χ2n) is 3.23. The Kier molecular flexibility index (Phi) is 3.55. The maximum atomic E-state index is 11.2. The van der Waals surface area contributed by atoms with Crippen molar-refractivity contribution in [2.45, 2.75) is 31.8 Å². The van der Waals surface area contributed by atoms with E-state index in [0.717, 1.165) is 0 Å². The Morgan fingerprint density at radius 3 is 3.00 bits per heavy atom. The number of cyclic esters (lactones) is 1. The molecule has 0 spiro atoms. The van der Waals surface area contributed by atoms with E-state index in [0.29, 0.717) is 13.0 Å². The van der Waals surface area contributed by atoms with Crippen LogP contribution >= 0.6 is 0 Å². The molecular weight excluding hydrogens is 188 g/mol. The van der Waals surface area contributed by atoms with E-state index < -0.39 is 18.1 Å². The molecule has 0 aromatic carbocycles. The summed E-state index contributed by atoms with van der Waals surface area (Å²) in [5.74, 6) is -0.758. The fraction of sp³-hybridized carbons (Fsp3) is 0.750. The van der Waals surface area contributed by atoms with E-state index in [-0.39, 0.29) is 12.3 Å². The molecule has 1 aliphatic rings. The molecule has 0 aromatic rings. The fourth-order valence-electron chi connectivity index (χ4n) is 1.19. The highest BCUT2D eigenvalue weighted by Crippen LogP contribution is 2.06. The van der Waals surface area contributed by atoms with Crippen LogP contribution in [-0.2, 0) is 14.3 Å². The quantitative estimate of drug-likeness (QED) is 0.509. The number of nitroso groups, excluding NO2 is 1. The molecule has 78 valence electrons. The molecule has 2 atom stereocenters. The summed E-state index contributed by atoms with van der Waals surface area (Å²) in [6.45, 7) is 1.88. The lowest BCUT2D eigenvalue weighted by Crippen LogP contribution is -2.38. The molecule has 0 radical (unpaired) electrons. The van der Waals surface area contributed by atoms with E-state index in [9.17, 15) is 14.5 Å². The predicted molar refractivity (Wildman–Crippen MR) is 47.4 cm³/mol. The number of hydrogen-bond acceptors (Lipinski definition) is 5. The molecule has 0 saturated carbocycles. The first-order valence-electron chi connectivity index (χ1n) is 4.42. The van der Waals surface area contributed by atoms with Crippen LogP contribution in [0.15, 0.2) is 5.18 Å². The number of amides is 1. The zero-order valence-corrected chi connectivity index (χ0v) is 7.86. The van der Waals surface area contributed by atoms with Gasteiger partial charge >= 0.3 is 5.97 Å². The minimum absolute atomic E-state index is 0.00722. The van der Waals surface area contributed by atoms with E-state index in [1.54, 1.807) is 6.92 Å². The van der Waals surface area contributed by atoms with E-state index in [2.05, 4.69) is 15.2 Å². The molecule has 0 bridgehead atoms. The molecule has 6 heteroatoms. The number of carbonyl (C=O) groups is 2. The van der Waals surface area contributed by atoms with Gasteiger partial charge in [-0.15, -0.1) is 0 Å². The number of carbonyl (C=O) groups excluding carboxylic acids is 2. The lowest BCUT2D eigenvalue weighted by Gasteiger charge is -2.08. The van der Waals surface area contributed by atoms with Crippen molar-refractivity contribution < 1.29 is 14.3 Å². The minimum Gasteiger partial charge on any atom is -0.464 e. The van der Waals surface area contributed by atoms with Crippen LogP contribution in [0.25, 0.3) is 0 Å².